The van der Waals surface area contributed by atoms with Crippen LogP contribution < -0.4 is 19.5 Å². The van der Waals surface area contributed by atoms with E-state index in [9.17, 15) is 34.8 Å². The molecule has 36 heavy (non-hydrogen) atoms. The van der Waals surface area contributed by atoms with Gasteiger partial charge in [-0.3, -0.25) is 4.79 Å². The van der Waals surface area contributed by atoms with Crippen LogP contribution in [-0.2, 0) is 27.3 Å². The highest BCUT2D eigenvalue weighted by Gasteiger charge is 2.44. The highest BCUT2D eigenvalue weighted by molar-refractivity contribution is 7.89. The van der Waals surface area contributed by atoms with E-state index in [-0.39, 0.29) is 42.1 Å². The average Bonchev–Trinajstić information content (AvgIpc) is 3.29. The molecule has 2 aliphatic heterocycles. The van der Waals surface area contributed by atoms with E-state index in [2.05, 4.69) is 14.8 Å². The van der Waals surface area contributed by atoms with Crippen LogP contribution in [0, 0.1) is 23.4 Å². The molecule has 198 valence electrons. The molecule has 2 aromatic rings. The molecule has 0 aliphatic carbocycles. The second-order valence-corrected chi connectivity index (χ2v) is 12.3. The number of fused-ring (bicyclic) bond motifs is 2. The molecule has 4 rings (SSSR count). The first-order valence-corrected chi connectivity index (χ1v) is 13.7. The van der Waals surface area contributed by atoms with Gasteiger partial charge >= 0.3 is 0 Å². The smallest absolute Gasteiger partial charge is 0.279 e. The third-order valence-corrected chi connectivity index (χ3v) is 8.96. The van der Waals surface area contributed by atoms with Crippen LogP contribution in [0.2, 0.25) is 0 Å². The molecular formula is C20H24F3N5O6S2. The zero-order valence-corrected chi connectivity index (χ0v) is 21.0. The summed E-state index contributed by atoms with van der Waals surface area (Å²) in [7, 11) is -6.76. The summed E-state index contributed by atoms with van der Waals surface area (Å²) in [6, 6.07) is -0.00305. The van der Waals surface area contributed by atoms with Crippen molar-refractivity contribution in [2.24, 2.45) is 13.0 Å². The summed E-state index contributed by atoms with van der Waals surface area (Å²) in [5, 5.41) is 2.20. The molecule has 0 bridgehead atoms. The van der Waals surface area contributed by atoms with E-state index >= 15 is 0 Å². The summed E-state index contributed by atoms with van der Waals surface area (Å²) < 4.78 is 105. The van der Waals surface area contributed by atoms with E-state index in [1.165, 1.54) is 11.6 Å². The maximum Gasteiger partial charge on any atom is 0.279 e. The predicted molar refractivity (Wildman–Crippen MR) is 122 cm³/mol. The Bertz CT molecular complexity index is 1400. The number of sulfonamides is 1. The molecule has 0 spiro atoms. The Kier molecular flexibility index (Phi) is 6.85. The van der Waals surface area contributed by atoms with Gasteiger partial charge in [0.2, 0.25) is 10.0 Å². The van der Waals surface area contributed by atoms with Gasteiger partial charge in [0.1, 0.15) is 4.90 Å². The number of hydrogen-bond acceptors (Lipinski definition) is 6. The summed E-state index contributed by atoms with van der Waals surface area (Å²) in [6.07, 6.45) is 1.13. The number of carbonyl (C=O) groups excluding carboxylic acids is 1. The number of aromatic nitrogens is 1. The van der Waals surface area contributed by atoms with Gasteiger partial charge in [0.05, 0.1) is 6.61 Å². The normalized spacial score (nSPS) is 21.9. The number of halogens is 3. The van der Waals surface area contributed by atoms with E-state index in [0.717, 1.165) is 10.5 Å². The van der Waals surface area contributed by atoms with Gasteiger partial charge in [0.15, 0.2) is 28.9 Å². The van der Waals surface area contributed by atoms with Crippen LogP contribution in [0.3, 0.4) is 0 Å². The summed E-state index contributed by atoms with van der Waals surface area (Å²) in [4.78, 5) is 12.6. The van der Waals surface area contributed by atoms with Crippen LogP contribution in [0.25, 0.3) is 0 Å². The Morgan fingerprint density at radius 2 is 1.83 bits per heavy atom. The zero-order valence-electron chi connectivity index (χ0n) is 19.4. The fourth-order valence-electron chi connectivity index (χ4n) is 4.14. The van der Waals surface area contributed by atoms with Gasteiger partial charge in [-0.1, -0.05) is 0 Å². The molecule has 11 nitrogen and oxygen atoms in total. The monoisotopic (exact) mass is 551 g/mol. The van der Waals surface area contributed by atoms with E-state index in [4.69, 9.17) is 4.74 Å². The number of aryl methyl sites for hydroxylation is 1. The number of hydrogen-bond donors (Lipinski definition) is 3. The molecule has 1 amide bonds. The van der Waals surface area contributed by atoms with Crippen molar-refractivity contribution in [1.82, 2.24) is 18.3 Å². The highest BCUT2D eigenvalue weighted by Crippen LogP contribution is 2.35. The van der Waals surface area contributed by atoms with Crippen molar-refractivity contribution in [1.29, 1.82) is 0 Å². The molecule has 1 aromatic heterocycles. The van der Waals surface area contributed by atoms with Gasteiger partial charge in [0, 0.05) is 62.2 Å². The number of ether oxygens (including phenoxy) is 1. The molecule has 0 radical (unpaired) electrons. The first-order chi connectivity index (χ1) is 16.7. The Morgan fingerprint density at radius 3 is 2.44 bits per heavy atom. The van der Waals surface area contributed by atoms with Crippen LogP contribution in [0.4, 0.5) is 18.9 Å². The SMILES string of the molecule is CC(C)NS(=O)(=O)N1C[C@H]2COc3c(cn(C)c3C(=O)Nc3cc(F)c(F)c(F)c3)S(=O)(=O)N[C@H]2C1. The lowest BCUT2D eigenvalue weighted by Crippen LogP contribution is -2.45. The standard InChI is InChI=1S/C20H24F3N5O6S2/c1-10(2)25-36(32,33)28-6-11-9-34-19-16(35(30,31)26-15(11)7-28)8-27(3)18(19)20(29)24-12-4-13(21)17(23)14(22)5-12/h4-5,8,10-11,15,25-26H,6-7,9H2,1-3H3,(H,24,29)/t11-,15-/m0/s1. The quantitative estimate of drug-likeness (QED) is 0.473. The maximum atomic E-state index is 13.6. The number of nitrogens with one attached hydrogen (secondary N) is 3. The molecule has 3 heterocycles. The third kappa shape index (κ3) is 4.95. The number of nitrogens with zero attached hydrogens (tertiary/aromatic N) is 2. The van der Waals surface area contributed by atoms with Crippen LogP contribution in [0.1, 0.15) is 24.3 Å². The first kappa shape index (κ1) is 26.4. The maximum absolute atomic E-state index is 13.6. The molecule has 2 atom stereocenters. The predicted octanol–water partition coefficient (Wildman–Crippen LogP) is 0.909. The van der Waals surface area contributed by atoms with E-state index in [0.29, 0.717) is 12.1 Å². The molecular weight excluding hydrogens is 527 g/mol. The Hall–Kier alpha value is -2.66. The Morgan fingerprint density at radius 1 is 1.19 bits per heavy atom. The molecule has 0 saturated carbocycles. The van der Waals surface area contributed by atoms with E-state index in [1.807, 2.05) is 0 Å². The van der Waals surface area contributed by atoms with Gasteiger partial charge < -0.3 is 14.6 Å². The molecule has 1 saturated heterocycles. The summed E-state index contributed by atoms with van der Waals surface area (Å²) in [5.74, 6) is -6.60. The minimum Gasteiger partial charge on any atom is -0.489 e. The van der Waals surface area contributed by atoms with Crippen molar-refractivity contribution in [3.8, 4) is 5.75 Å². The van der Waals surface area contributed by atoms with Crippen LogP contribution >= 0.6 is 0 Å². The molecule has 16 heteroatoms. The number of anilines is 1. The minimum atomic E-state index is -4.26. The van der Waals surface area contributed by atoms with Crippen LogP contribution in [0.5, 0.6) is 5.75 Å². The minimum absolute atomic E-state index is 0.0347. The fourth-order valence-corrected chi connectivity index (χ4v) is 7.12. The molecule has 1 aromatic carbocycles. The summed E-state index contributed by atoms with van der Waals surface area (Å²) >= 11 is 0. The Balaban J connectivity index is 1.63. The largest absolute Gasteiger partial charge is 0.489 e. The molecule has 3 N–H and O–H groups in total. The van der Waals surface area contributed by atoms with Crippen molar-refractivity contribution in [3.05, 3.63) is 41.5 Å². The summed E-state index contributed by atoms with van der Waals surface area (Å²) in [6.45, 7) is 3.03. The lowest BCUT2D eigenvalue weighted by Gasteiger charge is -2.23. The van der Waals surface area contributed by atoms with Crippen molar-refractivity contribution in [2.45, 2.75) is 30.8 Å². The zero-order chi connectivity index (χ0) is 26.6. The van der Waals surface area contributed by atoms with Gasteiger partial charge in [-0.05, 0) is 13.8 Å². The number of carbonyl (C=O) groups is 1. The second-order valence-electron chi connectivity index (χ2n) is 8.88. The summed E-state index contributed by atoms with van der Waals surface area (Å²) in [5.41, 5.74) is -0.671. The number of rotatable bonds is 5. The lowest BCUT2D eigenvalue weighted by molar-refractivity contribution is 0.101. The average molecular weight is 552 g/mol. The van der Waals surface area contributed by atoms with Crippen molar-refractivity contribution < 1.29 is 39.5 Å². The topological polar surface area (TPSA) is 139 Å². The van der Waals surface area contributed by atoms with Crippen molar-refractivity contribution in [2.75, 3.05) is 25.0 Å². The van der Waals surface area contributed by atoms with Gasteiger partial charge in [-0.15, -0.1) is 0 Å². The fraction of sp³-hybridized carbons (Fsp3) is 0.450. The lowest BCUT2D eigenvalue weighted by atomic mass is 10.1. The first-order valence-electron chi connectivity index (χ1n) is 10.8. The van der Waals surface area contributed by atoms with Crippen molar-refractivity contribution >= 4 is 31.8 Å². The highest BCUT2D eigenvalue weighted by atomic mass is 32.2. The Labute approximate surface area is 205 Å². The molecule has 2 aliphatic rings. The van der Waals surface area contributed by atoms with E-state index in [1.54, 1.807) is 13.8 Å². The van der Waals surface area contributed by atoms with E-state index < -0.39 is 61.2 Å². The van der Waals surface area contributed by atoms with Crippen LogP contribution in [-0.4, -0.2) is 63.4 Å². The van der Waals surface area contributed by atoms with Gasteiger partial charge in [-0.25, -0.2) is 26.3 Å². The van der Waals surface area contributed by atoms with Gasteiger partial charge in [0.25, 0.3) is 16.1 Å². The van der Waals surface area contributed by atoms with Gasteiger partial charge in [-0.2, -0.15) is 17.4 Å². The number of benzene rings is 1. The van der Waals surface area contributed by atoms with Crippen molar-refractivity contribution in [3.63, 3.8) is 0 Å². The van der Waals surface area contributed by atoms with Crippen LogP contribution in [0.15, 0.2) is 23.2 Å². The number of amides is 1. The molecule has 0 unspecified atom stereocenters. The second kappa shape index (κ2) is 9.33. The third-order valence-electron chi connectivity index (χ3n) is 5.73. The molecule has 1 fully saturated rings.